The number of quaternary nitrogens is 2. The Kier molecular flexibility index (Phi) is 247. The number of hydrogen-bond donors (Lipinski definition) is 2. The third-order valence-corrected chi connectivity index (χ3v) is 0.250. The maximum Gasteiger partial charge on any atom is 0.124 e. The molecule has 0 fully saturated rings. The first kappa shape index (κ1) is 44.0. The van der Waals surface area contributed by atoms with Gasteiger partial charge >= 0.3 is 0 Å². The van der Waals surface area contributed by atoms with E-state index in [2.05, 4.69) is 11.5 Å². The summed E-state index contributed by atoms with van der Waals surface area (Å²) >= 11 is 0. The fourth-order valence-corrected chi connectivity index (χ4v) is 0. The van der Waals surface area contributed by atoms with Crippen molar-refractivity contribution in [2.45, 2.75) is 0 Å². The van der Waals surface area contributed by atoms with Crippen LogP contribution in [0.5, 0.6) is 0 Å². The van der Waals surface area contributed by atoms with Gasteiger partial charge in [-0.2, -0.15) is 0 Å². The molecule has 0 radical (unpaired) electrons. The largest absolute Gasteiger partial charge is 2.00 e. The minimum absolute atomic E-state index is 0. The van der Waals surface area contributed by atoms with Gasteiger partial charge in [-0.05, 0) is 0 Å². The average molecular weight is 374 g/mol. The molecule has 7 heteroatoms. The summed E-state index contributed by atoms with van der Waals surface area (Å²) in [4.78, 5) is 0. The predicted octanol–water partition coefficient (Wildman–Crippen LogP) is -2.54. The predicted molar refractivity (Wildman–Crippen MR) is 45.0 cm³/mol. The van der Waals surface area contributed by atoms with Crippen LogP contribution >= 0.6 is 0 Å². The van der Waals surface area contributed by atoms with Crippen LogP contribution in [0.1, 0.15) is 0 Å². The molecule has 0 heterocycles. The molecule has 0 saturated heterocycles. The van der Waals surface area contributed by atoms with Gasteiger partial charge in [0.15, 0.2) is 0 Å². The Morgan fingerprint density at radius 1 is 0.667 bits per heavy atom. The topological polar surface area (TPSA) is 55.3 Å². The molecule has 2 nitrogen and oxygen atoms in total. The monoisotopic (exact) mass is 374 g/mol. The van der Waals surface area contributed by atoms with Crippen LogP contribution in [0.2, 0.25) is 0 Å². The van der Waals surface area contributed by atoms with Crippen molar-refractivity contribution in [1.29, 1.82) is 0 Å². The van der Waals surface area contributed by atoms with Gasteiger partial charge in [0.05, 0.1) is 0 Å². The summed E-state index contributed by atoms with van der Waals surface area (Å²) in [5.41, 5.74) is 7.08. The third-order valence-electron chi connectivity index (χ3n) is 0.250. The summed E-state index contributed by atoms with van der Waals surface area (Å²) in [5.74, 6) is 0. The van der Waals surface area contributed by atoms with E-state index >= 15 is 0 Å². The van der Waals surface area contributed by atoms with E-state index in [1.54, 1.807) is 0 Å². The fraction of sp³-hybridized carbons (Fsp3) is 1.00. The Morgan fingerprint density at radius 3 is 0.778 bits per heavy atom. The van der Waals surface area contributed by atoms with Gasteiger partial charge in [0.25, 0.3) is 0 Å². The summed E-state index contributed by atoms with van der Waals surface area (Å²) in [5, 5.41) is 0. The van der Waals surface area contributed by atoms with Gasteiger partial charge in [0, 0.05) is 21.1 Å². The van der Waals surface area contributed by atoms with Crippen LogP contribution < -0.4 is 11.5 Å². The van der Waals surface area contributed by atoms with Crippen molar-refractivity contribution in [3.63, 3.8) is 0 Å². The van der Waals surface area contributed by atoms with E-state index < -0.39 is 0 Å². The maximum absolute atomic E-state index is 3.54. The summed E-state index contributed by atoms with van der Waals surface area (Å²) in [7, 11) is 0. The van der Waals surface area contributed by atoms with Crippen LogP contribution in [-0.4, -0.2) is 13.1 Å². The van der Waals surface area contributed by atoms with E-state index in [0.717, 1.165) is 13.1 Å². The van der Waals surface area contributed by atoms with Crippen molar-refractivity contribution in [1.82, 2.24) is 0 Å². The molecule has 64 valence electrons. The van der Waals surface area contributed by atoms with E-state index in [1.165, 1.54) is 0 Å². The molecule has 0 aromatic rings. The molecular weight excluding hydrogens is 364 g/mol. The molecule has 0 unspecified atom stereocenters. The summed E-state index contributed by atoms with van der Waals surface area (Å²) in [6.45, 7) is 1.92. The molecule has 0 aromatic heterocycles. The van der Waals surface area contributed by atoms with Gasteiger partial charge < -0.3 is 65.5 Å². The van der Waals surface area contributed by atoms with Crippen molar-refractivity contribution in [2.75, 3.05) is 13.1 Å². The molecule has 6 N–H and O–H groups in total. The smallest absolute Gasteiger partial charge is 0.124 e. The van der Waals surface area contributed by atoms with Crippen molar-refractivity contribution in [3.8, 4) is 0 Å². The maximum atomic E-state index is 3.54. The molecule has 0 amide bonds. The minimum Gasteiger partial charge on any atom is -2.00 e. The van der Waals surface area contributed by atoms with E-state index in [0.29, 0.717) is 0 Å². The van der Waals surface area contributed by atoms with Gasteiger partial charge in [0.2, 0.25) is 0 Å². The Bertz CT molecular complexity index is 18.5. The first-order chi connectivity index (χ1) is 1.91. The molecule has 0 aliphatic carbocycles. The van der Waals surface area contributed by atoms with E-state index in [9.17, 15) is 0 Å². The summed E-state index contributed by atoms with van der Waals surface area (Å²) in [6.07, 6.45) is 0. The van der Waals surface area contributed by atoms with Crippen LogP contribution in [0.4, 0.5) is 0 Å². The molecule has 0 spiro atoms. The van der Waals surface area contributed by atoms with E-state index in [4.69, 9.17) is 0 Å². The molecule has 0 aliphatic rings. The Hall–Kier alpha value is 2.01. The second-order valence-electron chi connectivity index (χ2n) is 0.707. The molecule has 0 saturated carbocycles. The first-order valence-corrected chi connectivity index (χ1v) is 1.50. The average Bonchev–Trinajstić information content (AvgIpc) is 1.37. The van der Waals surface area contributed by atoms with Crippen molar-refractivity contribution >= 4 is 54.0 Å². The second-order valence-corrected chi connectivity index (χ2v) is 0.707. The van der Waals surface area contributed by atoms with E-state index in [1.807, 2.05) is 0 Å². The zero-order chi connectivity index (χ0) is 3.41. The van der Waals surface area contributed by atoms with Crippen molar-refractivity contribution in [2.24, 2.45) is 0 Å². The quantitative estimate of drug-likeness (QED) is 0.509. The molecule has 0 rings (SSSR count). The molecule has 9 heavy (non-hydrogen) atoms. The van der Waals surface area contributed by atoms with Crippen LogP contribution in [0.3, 0.4) is 0 Å². The van der Waals surface area contributed by atoms with Gasteiger partial charge in [-0.1, -0.05) is 0 Å². The fourth-order valence-electron chi connectivity index (χ4n) is 0. The molecule has 0 atom stereocenters. The van der Waals surface area contributed by atoms with Crippen LogP contribution in [0.25, 0.3) is 0 Å². The second kappa shape index (κ2) is 50.6. The number of hydrogen-bond acceptors (Lipinski definition) is 0. The molecule has 0 aromatic carbocycles. The van der Waals surface area contributed by atoms with Crippen molar-refractivity contribution < 1.29 is 32.5 Å². The minimum atomic E-state index is 0. The van der Waals surface area contributed by atoms with Gasteiger partial charge in [-0.25, -0.2) is 0 Å². The SMILES string of the molecule is [NH3+]CC[NH3+].[S-2].[S-2].[S-2].[S-2].[W]. The van der Waals surface area contributed by atoms with Crippen LogP contribution in [0.15, 0.2) is 0 Å². The molecule has 0 bridgehead atoms. The molecule has 0 aliphatic heterocycles. The van der Waals surface area contributed by atoms with E-state index in [-0.39, 0.29) is 75.0 Å². The molecular formula is C2H10N2S4W-6. The Morgan fingerprint density at radius 2 is 0.778 bits per heavy atom. The Labute approximate surface area is 98.9 Å². The van der Waals surface area contributed by atoms with Gasteiger partial charge in [0.1, 0.15) is 13.1 Å². The normalized spacial score (nSPS) is 3.33. The Balaban J connectivity index is -0.00000000450. The zero-order valence-electron chi connectivity index (χ0n) is 4.87. The van der Waals surface area contributed by atoms with Gasteiger partial charge in [-0.3, -0.25) is 0 Å². The van der Waals surface area contributed by atoms with Gasteiger partial charge in [-0.15, -0.1) is 0 Å². The third kappa shape index (κ3) is 70.9. The number of rotatable bonds is 1. The zero-order valence-corrected chi connectivity index (χ0v) is 11.1. The standard InChI is InChI=1S/C2H8N2.4S.W/c3-1-2-4;;;;;/h1-4H2;;;;;/q;4*-2;/p+2. The van der Waals surface area contributed by atoms with Crippen molar-refractivity contribution in [3.05, 3.63) is 0 Å². The first-order valence-electron chi connectivity index (χ1n) is 1.50. The van der Waals surface area contributed by atoms with Crippen LogP contribution in [0, 0.1) is 0 Å². The summed E-state index contributed by atoms with van der Waals surface area (Å²) in [6, 6.07) is 0. The summed E-state index contributed by atoms with van der Waals surface area (Å²) < 4.78 is 0. The van der Waals surface area contributed by atoms with Crippen LogP contribution in [-0.2, 0) is 75.0 Å².